The van der Waals surface area contributed by atoms with Crippen LogP contribution in [0.3, 0.4) is 0 Å². The van der Waals surface area contributed by atoms with Gasteiger partial charge < -0.3 is 5.73 Å². The number of primary amides is 1. The monoisotopic (exact) mass is 184 g/mol. The Hall–Kier alpha value is -0.570. The van der Waals surface area contributed by atoms with E-state index >= 15 is 0 Å². The second-order valence-electron chi connectivity index (χ2n) is 3.78. The minimum atomic E-state index is -0.163. The van der Waals surface area contributed by atoms with Crippen molar-refractivity contribution in [3.05, 3.63) is 0 Å². The molecule has 3 heteroatoms. The summed E-state index contributed by atoms with van der Waals surface area (Å²) in [6.07, 6.45) is 5.86. The Morgan fingerprint density at radius 3 is 2.23 bits per heavy atom. The lowest BCUT2D eigenvalue weighted by atomic mass is 10.1. The van der Waals surface area contributed by atoms with E-state index in [2.05, 4.69) is 4.90 Å². The fourth-order valence-corrected chi connectivity index (χ4v) is 2.05. The topological polar surface area (TPSA) is 46.3 Å². The van der Waals surface area contributed by atoms with Gasteiger partial charge in [-0.3, -0.25) is 9.69 Å². The highest BCUT2D eigenvalue weighted by molar-refractivity contribution is 5.79. The van der Waals surface area contributed by atoms with E-state index in [-0.39, 0.29) is 11.9 Å². The molecule has 76 valence electrons. The van der Waals surface area contributed by atoms with Crippen LogP contribution in [0.15, 0.2) is 0 Å². The van der Waals surface area contributed by atoms with Crippen LogP contribution >= 0.6 is 0 Å². The minimum absolute atomic E-state index is 0.0295. The lowest BCUT2D eigenvalue weighted by Crippen LogP contribution is -2.44. The summed E-state index contributed by atoms with van der Waals surface area (Å²) >= 11 is 0. The SMILES string of the molecule is CCC(C(N)=O)N1CCCCCC1. The molecule has 1 fully saturated rings. The van der Waals surface area contributed by atoms with Crippen LogP contribution in [0.25, 0.3) is 0 Å². The van der Waals surface area contributed by atoms with Crippen molar-refractivity contribution in [3.8, 4) is 0 Å². The summed E-state index contributed by atoms with van der Waals surface area (Å²) in [5.74, 6) is -0.163. The average molecular weight is 184 g/mol. The van der Waals surface area contributed by atoms with Gasteiger partial charge in [-0.05, 0) is 32.4 Å². The van der Waals surface area contributed by atoms with Gasteiger partial charge in [-0.15, -0.1) is 0 Å². The number of rotatable bonds is 3. The van der Waals surface area contributed by atoms with Gasteiger partial charge in [-0.25, -0.2) is 0 Å². The summed E-state index contributed by atoms with van der Waals surface area (Å²) in [6.45, 7) is 4.11. The fraction of sp³-hybridized carbons (Fsp3) is 0.900. The largest absolute Gasteiger partial charge is 0.368 e. The first-order valence-electron chi connectivity index (χ1n) is 5.29. The summed E-state index contributed by atoms with van der Waals surface area (Å²) in [5, 5.41) is 0. The number of hydrogen-bond donors (Lipinski definition) is 1. The molecule has 0 radical (unpaired) electrons. The molecule has 1 rings (SSSR count). The van der Waals surface area contributed by atoms with E-state index in [4.69, 9.17) is 5.73 Å². The van der Waals surface area contributed by atoms with E-state index < -0.39 is 0 Å². The lowest BCUT2D eigenvalue weighted by Gasteiger charge is -2.26. The van der Waals surface area contributed by atoms with Gasteiger partial charge in [-0.1, -0.05) is 19.8 Å². The molecule has 1 atom stereocenters. The van der Waals surface area contributed by atoms with E-state index in [1.807, 2.05) is 6.92 Å². The molecule has 1 unspecified atom stereocenters. The summed E-state index contributed by atoms with van der Waals surface area (Å²) in [6, 6.07) is -0.0295. The highest BCUT2D eigenvalue weighted by atomic mass is 16.1. The van der Waals surface area contributed by atoms with Gasteiger partial charge in [0.05, 0.1) is 6.04 Å². The van der Waals surface area contributed by atoms with Crippen LogP contribution in [-0.4, -0.2) is 29.9 Å². The maximum atomic E-state index is 11.1. The van der Waals surface area contributed by atoms with Gasteiger partial charge in [0.2, 0.25) is 5.91 Å². The van der Waals surface area contributed by atoms with E-state index in [9.17, 15) is 4.79 Å². The highest BCUT2D eigenvalue weighted by Gasteiger charge is 2.22. The summed E-state index contributed by atoms with van der Waals surface area (Å²) in [5.41, 5.74) is 5.35. The molecular weight excluding hydrogens is 164 g/mol. The molecule has 0 saturated carbocycles. The van der Waals surface area contributed by atoms with Crippen molar-refractivity contribution in [2.24, 2.45) is 5.73 Å². The van der Waals surface area contributed by atoms with Gasteiger partial charge in [0.1, 0.15) is 0 Å². The Balaban J connectivity index is 2.50. The number of amides is 1. The zero-order valence-electron chi connectivity index (χ0n) is 8.46. The second kappa shape index (κ2) is 5.22. The van der Waals surface area contributed by atoms with Gasteiger partial charge in [0.25, 0.3) is 0 Å². The molecule has 1 heterocycles. The van der Waals surface area contributed by atoms with Crippen molar-refractivity contribution < 1.29 is 4.79 Å². The number of likely N-dealkylation sites (tertiary alicyclic amines) is 1. The van der Waals surface area contributed by atoms with Crippen LogP contribution in [0.4, 0.5) is 0 Å². The first kappa shape index (κ1) is 10.5. The van der Waals surface area contributed by atoms with E-state index in [0.29, 0.717) is 0 Å². The molecule has 2 N–H and O–H groups in total. The Labute approximate surface area is 80.3 Å². The molecule has 13 heavy (non-hydrogen) atoms. The highest BCUT2D eigenvalue weighted by Crippen LogP contribution is 2.13. The van der Waals surface area contributed by atoms with Crippen molar-refractivity contribution >= 4 is 5.91 Å². The van der Waals surface area contributed by atoms with E-state index in [0.717, 1.165) is 19.5 Å². The van der Waals surface area contributed by atoms with Gasteiger partial charge in [-0.2, -0.15) is 0 Å². The average Bonchev–Trinajstić information content (AvgIpc) is 2.33. The summed E-state index contributed by atoms with van der Waals surface area (Å²) < 4.78 is 0. The smallest absolute Gasteiger partial charge is 0.234 e. The van der Waals surface area contributed by atoms with Crippen LogP contribution in [-0.2, 0) is 4.79 Å². The first-order chi connectivity index (χ1) is 6.25. The van der Waals surface area contributed by atoms with Gasteiger partial charge >= 0.3 is 0 Å². The van der Waals surface area contributed by atoms with Crippen molar-refractivity contribution in [3.63, 3.8) is 0 Å². The fourth-order valence-electron chi connectivity index (χ4n) is 2.05. The van der Waals surface area contributed by atoms with Crippen LogP contribution in [0.1, 0.15) is 39.0 Å². The molecule has 1 amide bonds. The zero-order chi connectivity index (χ0) is 9.68. The second-order valence-corrected chi connectivity index (χ2v) is 3.78. The lowest BCUT2D eigenvalue weighted by molar-refractivity contribution is -0.123. The first-order valence-corrected chi connectivity index (χ1v) is 5.29. The molecule has 0 aromatic rings. The molecule has 1 saturated heterocycles. The Morgan fingerprint density at radius 2 is 1.85 bits per heavy atom. The molecule has 0 aliphatic carbocycles. The van der Waals surface area contributed by atoms with Crippen LogP contribution < -0.4 is 5.73 Å². The third kappa shape index (κ3) is 2.99. The maximum Gasteiger partial charge on any atom is 0.234 e. The van der Waals surface area contributed by atoms with Crippen molar-refractivity contribution in [1.29, 1.82) is 0 Å². The Kier molecular flexibility index (Phi) is 4.22. The molecule has 0 spiro atoms. The van der Waals surface area contributed by atoms with E-state index in [1.165, 1.54) is 25.7 Å². The number of hydrogen-bond acceptors (Lipinski definition) is 2. The Morgan fingerprint density at radius 1 is 1.31 bits per heavy atom. The predicted molar refractivity (Wildman–Crippen MR) is 53.3 cm³/mol. The Bertz CT molecular complexity index is 162. The number of nitrogens with zero attached hydrogens (tertiary/aromatic N) is 1. The molecule has 0 bridgehead atoms. The molecule has 0 aromatic carbocycles. The molecule has 1 aliphatic heterocycles. The number of carbonyl (C=O) groups excluding carboxylic acids is 1. The minimum Gasteiger partial charge on any atom is -0.368 e. The number of carbonyl (C=O) groups is 1. The van der Waals surface area contributed by atoms with Crippen LogP contribution in [0, 0.1) is 0 Å². The molecular formula is C10H20N2O. The molecule has 1 aliphatic rings. The van der Waals surface area contributed by atoms with Crippen molar-refractivity contribution in [2.75, 3.05) is 13.1 Å². The molecule has 0 aromatic heterocycles. The third-order valence-electron chi connectivity index (χ3n) is 2.80. The van der Waals surface area contributed by atoms with Crippen LogP contribution in [0.2, 0.25) is 0 Å². The van der Waals surface area contributed by atoms with Gasteiger partial charge in [0, 0.05) is 0 Å². The van der Waals surface area contributed by atoms with E-state index in [1.54, 1.807) is 0 Å². The normalized spacial score (nSPS) is 22.2. The summed E-state index contributed by atoms with van der Waals surface area (Å²) in [4.78, 5) is 13.4. The van der Waals surface area contributed by atoms with Crippen molar-refractivity contribution in [2.45, 2.75) is 45.1 Å². The molecule has 3 nitrogen and oxygen atoms in total. The number of nitrogens with two attached hydrogens (primary N) is 1. The quantitative estimate of drug-likeness (QED) is 0.714. The zero-order valence-corrected chi connectivity index (χ0v) is 8.46. The standard InChI is InChI=1S/C10H20N2O/c1-2-9(10(11)13)12-7-5-3-4-6-8-12/h9H,2-8H2,1H3,(H2,11,13). The summed E-state index contributed by atoms with van der Waals surface area (Å²) in [7, 11) is 0. The third-order valence-corrected chi connectivity index (χ3v) is 2.80. The van der Waals surface area contributed by atoms with Gasteiger partial charge in [0.15, 0.2) is 0 Å². The maximum absolute atomic E-state index is 11.1. The van der Waals surface area contributed by atoms with Crippen LogP contribution in [0.5, 0.6) is 0 Å². The predicted octanol–water partition coefficient (Wildman–Crippen LogP) is 1.13. The van der Waals surface area contributed by atoms with Crippen molar-refractivity contribution in [1.82, 2.24) is 4.90 Å².